The van der Waals surface area contributed by atoms with Crippen LogP contribution in [0.1, 0.15) is 16.7 Å². The highest BCUT2D eigenvalue weighted by molar-refractivity contribution is 7.89. The molecule has 0 aliphatic rings. The summed E-state index contributed by atoms with van der Waals surface area (Å²) in [5.74, 6) is 0. The third kappa shape index (κ3) is 4.37. The van der Waals surface area contributed by atoms with Gasteiger partial charge in [0.25, 0.3) is 5.69 Å². The third-order valence-electron chi connectivity index (χ3n) is 3.49. The highest BCUT2D eigenvalue weighted by atomic mass is 32.2. The van der Waals surface area contributed by atoms with Crippen LogP contribution in [0.5, 0.6) is 0 Å². The van der Waals surface area contributed by atoms with Gasteiger partial charge in [-0.3, -0.25) is 10.1 Å². The number of hydrogen-bond donors (Lipinski definition) is 1. The van der Waals surface area contributed by atoms with Crippen LogP contribution in [0.15, 0.2) is 47.4 Å². The van der Waals surface area contributed by atoms with Gasteiger partial charge in [-0.25, -0.2) is 13.1 Å². The molecule has 0 saturated carbocycles. The van der Waals surface area contributed by atoms with Crippen LogP contribution in [-0.2, 0) is 16.4 Å². The Labute approximate surface area is 135 Å². The molecule has 0 aliphatic carbocycles. The highest BCUT2D eigenvalue weighted by Gasteiger charge is 2.16. The summed E-state index contributed by atoms with van der Waals surface area (Å²) in [5.41, 5.74) is 2.42. The maximum absolute atomic E-state index is 12.3. The van der Waals surface area contributed by atoms with Gasteiger partial charge in [0.2, 0.25) is 10.0 Å². The second kappa shape index (κ2) is 6.89. The van der Waals surface area contributed by atoms with Crippen LogP contribution in [0.4, 0.5) is 5.69 Å². The molecule has 2 aromatic carbocycles. The standard InChI is InChI=1S/C16H18N2O4S/c1-12-3-4-13(2)16(11-12)23(21,22)17-10-9-14-5-7-15(8-6-14)18(19)20/h3-8,11,17H,9-10H2,1-2H3. The first kappa shape index (κ1) is 17.1. The summed E-state index contributed by atoms with van der Waals surface area (Å²) in [6.07, 6.45) is 0.460. The van der Waals surface area contributed by atoms with Gasteiger partial charge in [-0.1, -0.05) is 24.3 Å². The lowest BCUT2D eigenvalue weighted by atomic mass is 10.1. The van der Waals surface area contributed by atoms with Crippen molar-refractivity contribution in [1.29, 1.82) is 0 Å². The molecule has 0 radical (unpaired) electrons. The summed E-state index contributed by atoms with van der Waals surface area (Å²) < 4.78 is 27.2. The number of aryl methyl sites for hydroxylation is 2. The van der Waals surface area contributed by atoms with Crippen molar-refractivity contribution in [3.05, 3.63) is 69.3 Å². The van der Waals surface area contributed by atoms with Gasteiger partial charge in [0, 0.05) is 18.7 Å². The van der Waals surface area contributed by atoms with E-state index in [1.807, 2.05) is 13.0 Å². The fraction of sp³-hybridized carbons (Fsp3) is 0.250. The molecule has 23 heavy (non-hydrogen) atoms. The van der Waals surface area contributed by atoms with Crippen molar-refractivity contribution in [2.24, 2.45) is 0 Å². The molecule has 0 aromatic heterocycles. The Morgan fingerprint density at radius 3 is 2.35 bits per heavy atom. The Bertz CT molecular complexity index is 814. The van der Waals surface area contributed by atoms with E-state index in [0.29, 0.717) is 12.0 Å². The number of nitro benzene ring substituents is 1. The molecule has 0 unspecified atom stereocenters. The van der Waals surface area contributed by atoms with Crippen molar-refractivity contribution >= 4 is 15.7 Å². The quantitative estimate of drug-likeness (QED) is 0.650. The Kier molecular flexibility index (Phi) is 5.12. The van der Waals surface area contributed by atoms with Gasteiger partial charge >= 0.3 is 0 Å². The van der Waals surface area contributed by atoms with E-state index >= 15 is 0 Å². The average molecular weight is 334 g/mol. The van der Waals surface area contributed by atoms with E-state index in [-0.39, 0.29) is 17.1 Å². The monoisotopic (exact) mass is 334 g/mol. The van der Waals surface area contributed by atoms with Crippen molar-refractivity contribution < 1.29 is 13.3 Å². The predicted octanol–water partition coefficient (Wildman–Crippen LogP) is 2.73. The summed E-state index contributed by atoms with van der Waals surface area (Å²) in [6, 6.07) is 11.4. The molecule has 0 aliphatic heterocycles. The van der Waals surface area contributed by atoms with Gasteiger partial charge in [0.15, 0.2) is 0 Å². The van der Waals surface area contributed by atoms with E-state index < -0.39 is 14.9 Å². The summed E-state index contributed by atoms with van der Waals surface area (Å²) in [4.78, 5) is 10.4. The van der Waals surface area contributed by atoms with E-state index in [1.54, 1.807) is 31.2 Å². The van der Waals surface area contributed by atoms with Crippen molar-refractivity contribution in [3.8, 4) is 0 Å². The first-order valence-corrected chi connectivity index (χ1v) is 8.58. The molecule has 0 bridgehead atoms. The molecule has 1 N–H and O–H groups in total. The van der Waals surface area contributed by atoms with Crippen LogP contribution in [0.3, 0.4) is 0 Å². The van der Waals surface area contributed by atoms with Crippen LogP contribution < -0.4 is 4.72 Å². The summed E-state index contributed by atoms with van der Waals surface area (Å²) in [6.45, 7) is 3.83. The number of nitrogens with one attached hydrogen (secondary N) is 1. The van der Waals surface area contributed by atoms with E-state index in [4.69, 9.17) is 0 Å². The minimum Gasteiger partial charge on any atom is -0.258 e. The lowest BCUT2D eigenvalue weighted by molar-refractivity contribution is -0.384. The maximum Gasteiger partial charge on any atom is 0.269 e. The highest BCUT2D eigenvalue weighted by Crippen LogP contribution is 2.17. The second-order valence-electron chi connectivity index (χ2n) is 5.34. The smallest absolute Gasteiger partial charge is 0.258 e. The van der Waals surface area contributed by atoms with Gasteiger partial charge in [-0.05, 0) is 43.0 Å². The van der Waals surface area contributed by atoms with E-state index in [0.717, 1.165) is 11.1 Å². The van der Waals surface area contributed by atoms with Crippen molar-refractivity contribution in [3.63, 3.8) is 0 Å². The van der Waals surface area contributed by atoms with Gasteiger partial charge in [-0.2, -0.15) is 0 Å². The molecule has 2 aromatic rings. The third-order valence-corrected chi connectivity index (χ3v) is 5.09. The zero-order valence-electron chi connectivity index (χ0n) is 12.9. The second-order valence-corrected chi connectivity index (χ2v) is 7.08. The summed E-state index contributed by atoms with van der Waals surface area (Å²) in [7, 11) is -3.56. The molecule has 6 nitrogen and oxygen atoms in total. The number of hydrogen-bond acceptors (Lipinski definition) is 4. The molecule has 122 valence electrons. The minimum atomic E-state index is -3.56. The zero-order chi connectivity index (χ0) is 17.0. The number of nitro groups is 1. The van der Waals surface area contributed by atoms with Gasteiger partial charge in [0.1, 0.15) is 0 Å². The molecule has 7 heteroatoms. The SMILES string of the molecule is Cc1ccc(C)c(S(=O)(=O)NCCc2ccc([N+](=O)[O-])cc2)c1. The van der Waals surface area contributed by atoms with Gasteiger partial charge in [0.05, 0.1) is 9.82 Å². The van der Waals surface area contributed by atoms with E-state index in [1.165, 1.54) is 12.1 Å². The van der Waals surface area contributed by atoms with Crippen molar-refractivity contribution in [1.82, 2.24) is 4.72 Å². The molecule has 0 saturated heterocycles. The van der Waals surface area contributed by atoms with Gasteiger partial charge < -0.3 is 0 Å². The Balaban J connectivity index is 2.02. The van der Waals surface area contributed by atoms with Crippen LogP contribution in [0.2, 0.25) is 0 Å². The molecule has 0 amide bonds. The van der Waals surface area contributed by atoms with Crippen LogP contribution in [0.25, 0.3) is 0 Å². The molecule has 0 fully saturated rings. The molecular weight excluding hydrogens is 316 g/mol. The average Bonchev–Trinajstić information content (AvgIpc) is 2.50. The molecule has 2 rings (SSSR count). The molecule has 0 spiro atoms. The summed E-state index contributed by atoms with van der Waals surface area (Å²) >= 11 is 0. The molecule has 0 atom stereocenters. The van der Waals surface area contributed by atoms with Crippen LogP contribution >= 0.6 is 0 Å². The van der Waals surface area contributed by atoms with Crippen molar-refractivity contribution in [2.45, 2.75) is 25.2 Å². The Hall–Kier alpha value is -2.25. The van der Waals surface area contributed by atoms with Crippen LogP contribution in [-0.4, -0.2) is 19.9 Å². The number of sulfonamides is 1. The lowest BCUT2D eigenvalue weighted by Crippen LogP contribution is -2.26. The van der Waals surface area contributed by atoms with Crippen molar-refractivity contribution in [2.75, 3.05) is 6.54 Å². The summed E-state index contributed by atoms with van der Waals surface area (Å²) in [5, 5.41) is 10.6. The topological polar surface area (TPSA) is 89.3 Å². The maximum atomic E-state index is 12.3. The lowest BCUT2D eigenvalue weighted by Gasteiger charge is -2.10. The fourth-order valence-corrected chi connectivity index (χ4v) is 3.55. The number of non-ortho nitro benzene ring substituents is 1. The molecular formula is C16H18N2O4S. The fourth-order valence-electron chi connectivity index (χ4n) is 2.19. The number of nitrogens with zero attached hydrogens (tertiary/aromatic N) is 1. The first-order valence-electron chi connectivity index (χ1n) is 7.10. The number of rotatable bonds is 6. The number of benzene rings is 2. The predicted molar refractivity (Wildman–Crippen MR) is 87.9 cm³/mol. The first-order chi connectivity index (χ1) is 10.8. The van der Waals surface area contributed by atoms with Crippen LogP contribution in [0, 0.1) is 24.0 Å². The largest absolute Gasteiger partial charge is 0.269 e. The van der Waals surface area contributed by atoms with E-state index in [2.05, 4.69) is 4.72 Å². The van der Waals surface area contributed by atoms with Gasteiger partial charge in [-0.15, -0.1) is 0 Å². The van der Waals surface area contributed by atoms with E-state index in [9.17, 15) is 18.5 Å². The Morgan fingerprint density at radius 2 is 1.74 bits per heavy atom. The normalized spacial score (nSPS) is 11.4. The minimum absolute atomic E-state index is 0.0183. The molecule has 0 heterocycles. The zero-order valence-corrected chi connectivity index (χ0v) is 13.8. The Morgan fingerprint density at radius 1 is 1.09 bits per heavy atom.